The van der Waals surface area contributed by atoms with E-state index >= 15 is 0 Å². The minimum absolute atomic E-state index is 0.112. The molecule has 17 heavy (non-hydrogen) atoms. The third-order valence-electron chi connectivity index (χ3n) is 2.16. The van der Waals surface area contributed by atoms with E-state index in [1.54, 1.807) is 6.20 Å². The first-order valence-corrected chi connectivity index (χ1v) is 6.05. The van der Waals surface area contributed by atoms with Crippen molar-refractivity contribution in [2.24, 2.45) is 0 Å². The SMILES string of the molecule is CC(CNC(=O)N[C@@H](C)C(=O)O)c1nccs1. The van der Waals surface area contributed by atoms with Gasteiger partial charge in [0.15, 0.2) is 0 Å². The van der Waals surface area contributed by atoms with Crippen LogP contribution in [0.3, 0.4) is 0 Å². The van der Waals surface area contributed by atoms with Gasteiger partial charge in [-0.2, -0.15) is 0 Å². The van der Waals surface area contributed by atoms with E-state index in [4.69, 9.17) is 5.11 Å². The first-order chi connectivity index (χ1) is 8.00. The van der Waals surface area contributed by atoms with Crippen LogP contribution < -0.4 is 10.6 Å². The number of hydrogen-bond donors (Lipinski definition) is 3. The number of urea groups is 1. The molecule has 0 saturated heterocycles. The van der Waals surface area contributed by atoms with Crippen molar-refractivity contribution in [2.45, 2.75) is 25.8 Å². The molecule has 94 valence electrons. The molecule has 0 aliphatic heterocycles. The van der Waals surface area contributed by atoms with Crippen LogP contribution in [0.2, 0.25) is 0 Å². The molecule has 1 unspecified atom stereocenters. The van der Waals surface area contributed by atoms with Gasteiger partial charge in [-0.25, -0.2) is 9.78 Å². The van der Waals surface area contributed by atoms with Crippen molar-refractivity contribution in [1.82, 2.24) is 15.6 Å². The van der Waals surface area contributed by atoms with Gasteiger partial charge >= 0.3 is 12.0 Å². The average Bonchev–Trinajstić information content (AvgIpc) is 2.79. The topological polar surface area (TPSA) is 91.3 Å². The van der Waals surface area contributed by atoms with Crippen LogP contribution in [0.5, 0.6) is 0 Å². The van der Waals surface area contributed by atoms with Crippen molar-refractivity contribution in [1.29, 1.82) is 0 Å². The van der Waals surface area contributed by atoms with Gasteiger partial charge in [0.25, 0.3) is 0 Å². The molecule has 1 heterocycles. The number of aromatic nitrogens is 1. The Morgan fingerprint density at radius 1 is 1.53 bits per heavy atom. The van der Waals surface area contributed by atoms with Crippen LogP contribution in [-0.4, -0.2) is 34.7 Å². The Kier molecular flexibility index (Phi) is 4.89. The molecule has 0 aliphatic carbocycles. The van der Waals surface area contributed by atoms with E-state index in [1.165, 1.54) is 18.3 Å². The fourth-order valence-electron chi connectivity index (χ4n) is 1.12. The van der Waals surface area contributed by atoms with Crippen LogP contribution in [-0.2, 0) is 4.79 Å². The molecule has 6 nitrogen and oxygen atoms in total. The second-order valence-electron chi connectivity index (χ2n) is 3.69. The summed E-state index contributed by atoms with van der Waals surface area (Å²) in [5.41, 5.74) is 0. The van der Waals surface area contributed by atoms with Crippen molar-refractivity contribution in [3.8, 4) is 0 Å². The fourth-order valence-corrected chi connectivity index (χ4v) is 1.82. The lowest BCUT2D eigenvalue weighted by Crippen LogP contribution is -2.45. The third-order valence-corrected chi connectivity index (χ3v) is 3.17. The number of carbonyl (C=O) groups excluding carboxylic acids is 1. The van der Waals surface area contributed by atoms with Gasteiger partial charge in [0.1, 0.15) is 6.04 Å². The quantitative estimate of drug-likeness (QED) is 0.734. The van der Waals surface area contributed by atoms with Crippen LogP contribution in [0, 0.1) is 0 Å². The van der Waals surface area contributed by atoms with E-state index in [1.807, 2.05) is 12.3 Å². The summed E-state index contributed by atoms with van der Waals surface area (Å²) in [6.45, 7) is 3.78. The highest BCUT2D eigenvalue weighted by atomic mass is 32.1. The fraction of sp³-hybridized carbons (Fsp3) is 0.500. The van der Waals surface area contributed by atoms with Crippen molar-refractivity contribution in [3.63, 3.8) is 0 Å². The molecule has 7 heteroatoms. The maximum absolute atomic E-state index is 11.3. The van der Waals surface area contributed by atoms with Crippen molar-refractivity contribution in [3.05, 3.63) is 16.6 Å². The molecule has 0 radical (unpaired) electrons. The van der Waals surface area contributed by atoms with Gasteiger partial charge in [0.05, 0.1) is 5.01 Å². The van der Waals surface area contributed by atoms with Crippen LogP contribution in [0.25, 0.3) is 0 Å². The molecular formula is C10H15N3O3S. The van der Waals surface area contributed by atoms with E-state index in [-0.39, 0.29) is 5.92 Å². The molecular weight excluding hydrogens is 242 g/mol. The molecule has 0 saturated carbocycles. The number of rotatable bonds is 5. The van der Waals surface area contributed by atoms with Crippen molar-refractivity contribution in [2.75, 3.05) is 6.54 Å². The zero-order valence-electron chi connectivity index (χ0n) is 9.64. The Morgan fingerprint density at radius 2 is 2.24 bits per heavy atom. The van der Waals surface area contributed by atoms with Gasteiger partial charge in [-0.15, -0.1) is 11.3 Å². The number of nitrogens with one attached hydrogen (secondary N) is 2. The molecule has 0 fully saturated rings. The number of carboxylic acids is 1. The maximum Gasteiger partial charge on any atom is 0.325 e. The monoisotopic (exact) mass is 257 g/mol. The van der Waals surface area contributed by atoms with Gasteiger partial charge in [0, 0.05) is 24.0 Å². The smallest absolute Gasteiger partial charge is 0.325 e. The maximum atomic E-state index is 11.3. The molecule has 0 aromatic carbocycles. The number of carbonyl (C=O) groups is 2. The number of thiazole rings is 1. The van der Waals surface area contributed by atoms with E-state index in [0.29, 0.717) is 6.54 Å². The molecule has 0 spiro atoms. The third kappa shape index (κ3) is 4.39. The summed E-state index contributed by atoms with van der Waals surface area (Å²) in [7, 11) is 0. The summed E-state index contributed by atoms with van der Waals surface area (Å²) in [5.74, 6) is -0.950. The standard InChI is InChI=1S/C10H15N3O3S/c1-6(8-11-3-4-17-8)5-12-10(16)13-7(2)9(14)15/h3-4,6-7H,5H2,1-2H3,(H,14,15)(H2,12,13,16)/t6?,7-/m0/s1. The minimum Gasteiger partial charge on any atom is -0.480 e. The summed E-state index contributed by atoms with van der Waals surface area (Å²) in [6, 6.07) is -1.38. The molecule has 3 N–H and O–H groups in total. The minimum atomic E-state index is -1.06. The van der Waals surface area contributed by atoms with Gasteiger partial charge < -0.3 is 15.7 Å². The second-order valence-corrected chi connectivity index (χ2v) is 4.61. The zero-order valence-corrected chi connectivity index (χ0v) is 10.5. The summed E-state index contributed by atoms with van der Waals surface area (Å²) < 4.78 is 0. The highest BCUT2D eigenvalue weighted by Gasteiger charge is 2.15. The van der Waals surface area contributed by atoms with Crippen LogP contribution in [0.1, 0.15) is 24.8 Å². The Morgan fingerprint density at radius 3 is 2.76 bits per heavy atom. The van der Waals surface area contributed by atoms with Crippen molar-refractivity contribution < 1.29 is 14.7 Å². The highest BCUT2D eigenvalue weighted by molar-refractivity contribution is 7.09. The second kappa shape index (κ2) is 6.19. The van der Waals surface area contributed by atoms with Gasteiger partial charge in [-0.3, -0.25) is 4.79 Å². The van der Waals surface area contributed by atoms with E-state index < -0.39 is 18.0 Å². The lowest BCUT2D eigenvalue weighted by Gasteiger charge is -2.13. The Bertz CT molecular complexity index is 380. The first-order valence-electron chi connectivity index (χ1n) is 5.17. The molecule has 1 aromatic rings. The molecule has 1 aromatic heterocycles. The molecule has 2 atom stereocenters. The van der Waals surface area contributed by atoms with Gasteiger partial charge in [0.2, 0.25) is 0 Å². The Labute approximate surface area is 103 Å². The number of nitrogens with zero attached hydrogens (tertiary/aromatic N) is 1. The lowest BCUT2D eigenvalue weighted by molar-refractivity contribution is -0.138. The lowest BCUT2D eigenvalue weighted by atomic mass is 10.2. The van der Waals surface area contributed by atoms with E-state index in [0.717, 1.165) is 5.01 Å². The van der Waals surface area contributed by atoms with Crippen LogP contribution in [0.4, 0.5) is 4.79 Å². The number of amides is 2. The molecule has 0 bridgehead atoms. The highest BCUT2D eigenvalue weighted by Crippen LogP contribution is 2.16. The average molecular weight is 257 g/mol. The normalized spacial score (nSPS) is 13.8. The predicted molar refractivity (Wildman–Crippen MR) is 64.2 cm³/mol. The molecule has 1 rings (SSSR count). The summed E-state index contributed by atoms with van der Waals surface area (Å²) >= 11 is 1.52. The molecule has 2 amide bonds. The predicted octanol–water partition coefficient (Wildman–Crippen LogP) is 1.02. The first kappa shape index (κ1) is 13.4. The van der Waals surface area contributed by atoms with Gasteiger partial charge in [-0.1, -0.05) is 6.92 Å². The van der Waals surface area contributed by atoms with Crippen LogP contribution in [0.15, 0.2) is 11.6 Å². The number of hydrogen-bond acceptors (Lipinski definition) is 4. The molecule has 0 aliphatic rings. The summed E-state index contributed by atoms with van der Waals surface area (Å²) in [4.78, 5) is 26.0. The van der Waals surface area contributed by atoms with Gasteiger partial charge in [-0.05, 0) is 6.92 Å². The van der Waals surface area contributed by atoms with E-state index in [2.05, 4.69) is 15.6 Å². The summed E-state index contributed by atoms with van der Waals surface area (Å²) in [6.07, 6.45) is 1.71. The van der Waals surface area contributed by atoms with Crippen LogP contribution >= 0.6 is 11.3 Å². The zero-order chi connectivity index (χ0) is 12.8. The summed E-state index contributed by atoms with van der Waals surface area (Å²) in [5, 5.41) is 16.3. The van der Waals surface area contributed by atoms with Crippen molar-refractivity contribution >= 4 is 23.3 Å². The number of aliphatic carboxylic acids is 1. The Balaban J connectivity index is 2.31. The number of carboxylic acid groups (broad SMARTS) is 1. The Hall–Kier alpha value is -1.63. The van der Waals surface area contributed by atoms with E-state index in [9.17, 15) is 9.59 Å². The largest absolute Gasteiger partial charge is 0.480 e.